The molecule has 1 aromatic heterocycles. The average molecular weight is 409 g/mol. The van der Waals surface area contributed by atoms with Gasteiger partial charge in [-0.1, -0.05) is 0 Å². The third-order valence-corrected chi connectivity index (χ3v) is 5.83. The highest BCUT2D eigenvalue weighted by Crippen LogP contribution is 2.23. The summed E-state index contributed by atoms with van der Waals surface area (Å²) in [4.78, 5) is 17.3. The van der Waals surface area contributed by atoms with Crippen molar-refractivity contribution in [1.82, 2.24) is 14.3 Å². The second-order valence-electron chi connectivity index (χ2n) is 7.83. The fourth-order valence-corrected chi connectivity index (χ4v) is 3.71. The standard InChI is InChI=1S/C22H28N6O2/c1-16(23)17(2)28-22(30)27(15-24-28)20-5-3-18(4-6-20)25-11-13-26(14-12-25)19-7-9-21(29)10-8-19/h3-10,15-17,29H,11-14,23H2,1-2H3/t16-,17-/m1/s1. The smallest absolute Gasteiger partial charge is 0.350 e. The van der Waals surface area contributed by atoms with Crippen molar-refractivity contribution in [1.29, 1.82) is 0 Å². The van der Waals surface area contributed by atoms with Crippen molar-refractivity contribution < 1.29 is 5.11 Å². The Labute approximate surface area is 175 Å². The molecule has 2 atom stereocenters. The Morgan fingerprint density at radius 3 is 1.83 bits per heavy atom. The molecule has 3 N–H and O–H groups in total. The van der Waals surface area contributed by atoms with Gasteiger partial charge in [0.2, 0.25) is 0 Å². The highest BCUT2D eigenvalue weighted by molar-refractivity contribution is 5.54. The molecule has 0 spiro atoms. The fourth-order valence-electron chi connectivity index (χ4n) is 3.71. The second kappa shape index (κ2) is 8.23. The van der Waals surface area contributed by atoms with Gasteiger partial charge in [0.1, 0.15) is 12.1 Å². The molecule has 0 amide bonds. The molecular weight excluding hydrogens is 380 g/mol. The van der Waals surface area contributed by atoms with Gasteiger partial charge in [-0.25, -0.2) is 14.0 Å². The summed E-state index contributed by atoms with van der Waals surface area (Å²) in [5, 5.41) is 13.7. The van der Waals surface area contributed by atoms with E-state index in [1.165, 1.54) is 4.68 Å². The van der Waals surface area contributed by atoms with Crippen LogP contribution in [0.5, 0.6) is 5.75 Å². The summed E-state index contributed by atoms with van der Waals surface area (Å²) in [5.41, 5.74) is 8.77. The van der Waals surface area contributed by atoms with Crippen LogP contribution in [0.1, 0.15) is 19.9 Å². The third-order valence-electron chi connectivity index (χ3n) is 5.83. The number of phenols is 1. The summed E-state index contributed by atoms with van der Waals surface area (Å²) in [5.74, 6) is 0.286. The molecule has 8 nitrogen and oxygen atoms in total. The lowest BCUT2D eigenvalue weighted by Gasteiger charge is -2.37. The van der Waals surface area contributed by atoms with Crippen LogP contribution >= 0.6 is 0 Å². The first-order valence-corrected chi connectivity index (χ1v) is 10.2. The molecule has 2 aromatic carbocycles. The Morgan fingerprint density at radius 1 is 0.867 bits per heavy atom. The minimum atomic E-state index is -0.185. The van der Waals surface area contributed by atoms with Crippen LogP contribution < -0.4 is 21.2 Å². The van der Waals surface area contributed by atoms with Gasteiger partial charge in [0.15, 0.2) is 0 Å². The van der Waals surface area contributed by atoms with Gasteiger partial charge in [0.05, 0.1) is 11.7 Å². The molecule has 1 aliphatic rings. The van der Waals surface area contributed by atoms with Gasteiger partial charge in [-0.05, 0) is 62.4 Å². The molecule has 158 valence electrons. The predicted octanol–water partition coefficient (Wildman–Crippen LogP) is 1.97. The Bertz CT molecular complexity index is 1030. The Balaban J connectivity index is 1.44. The summed E-state index contributed by atoms with van der Waals surface area (Å²) < 4.78 is 2.98. The van der Waals surface area contributed by atoms with Gasteiger partial charge in [0.25, 0.3) is 0 Å². The second-order valence-corrected chi connectivity index (χ2v) is 7.83. The summed E-state index contributed by atoms with van der Waals surface area (Å²) in [6.45, 7) is 7.40. The van der Waals surface area contributed by atoms with Crippen molar-refractivity contribution in [3.63, 3.8) is 0 Å². The summed E-state index contributed by atoms with van der Waals surface area (Å²) in [7, 11) is 0. The minimum absolute atomic E-state index is 0.159. The maximum Gasteiger partial charge on any atom is 0.350 e. The van der Waals surface area contributed by atoms with Crippen molar-refractivity contribution in [3.8, 4) is 11.4 Å². The van der Waals surface area contributed by atoms with E-state index in [1.807, 2.05) is 50.2 Å². The summed E-state index contributed by atoms with van der Waals surface area (Å²) in [6.07, 6.45) is 1.55. The largest absolute Gasteiger partial charge is 0.508 e. The number of hydrogen-bond acceptors (Lipinski definition) is 6. The first-order chi connectivity index (χ1) is 14.4. The van der Waals surface area contributed by atoms with E-state index in [-0.39, 0.29) is 23.5 Å². The first kappa shape index (κ1) is 20.0. The fraction of sp³-hybridized carbons (Fsp3) is 0.364. The number of aromatic nitrogens is 3. The number of aromatic hydroxyl groups is 1. The quantitative estimate of drug-likeness (QED) is 0.671. The van der Waals surface area contributed by atoms with E-state index in [0.29, 0.717) is 0 Å². The molecule has 30 heavy (non-hydrogen) atoms. The van der Waals surface area contributed by atoms with Gasteiger partial charge in [-0.2, -0.15) is 5.10 Å². The average Bonchev–Trinajstić information content (AvgIpc) is 3.15. The number of hydrogen-bond donors (Lipinski definition) is 2. The van der Waals surface area contributed by atoms with Crippen LogP contribution in [0, 0.1) is 0 Å². The molecule has 0 radical (unpaired) electrons. The van der Waals surface area contributed by atoms with Crippen LogP contribution in [0.3, 0.4) is 0 Å². The number of piperazine rings is 1. The van der Waals surface area contributed by atoms with Crippen molar-refractivity contribution in [2.75, 3.05) is 36.0 Å². The lowest BCUT2D eigenvalue weighted by atomic mass is 10.2. The molecule has 0 bridgehead atoms. The molecule has 1 aliphatic heterocycles. The van der Waals surface area contributed by atoms with Crippen molar-refractivity contribution in [2.24, 2.45) is 5.73 Å². The van der Waals surface area contributed by atoms with E-state index < -0.39 is 0 Å². The molecule has 0 saturated carbocycles. The lowest BCUT2D eigenvalue weighted by molar-refractivity contribution is 0.412. The minimum Gasteiger partial charge on any atom is -0.508 e. The SMILES string of the molecule is C[C@H]([C@@H](C)N)n1ncn(-c2ccc(N3CCN(c4ccc(O)cc4)CC3)cc2)c1=O. The zero-order valence-corrected chi connectivity index (χ0v) is 17.3. The van der Waals surface area contributed by atoms with Crippen LogP contribution in [0.4, 0.5) is 11.4 Å². The molecule has 1 fully saturated rings. The molecule has 0 unspecified atom stereocenters. The van der Waals surface area contributed by atoms with E-state index >= 15 is 0 Å². The number of phenolic OH excluding ortho intramolecular Hbond substituents is 1. The Hall–Kier alpha value is -3.26. The van der Waals surface area contributed by atoms with E-state index in [4.69, 9.17) is 5.73 Å². The van der Waals surface area contributed by atoms with Crippen molar-refractivity contribution in [3.05, 3.63) is 65.3 Å². The topological polar surface area (TPSA) is 92.6 Å². The highest BCUT2D eigenvalue weighted by atomic mass is 16.3. The molecule has 1 saturated heterocycles. The summed E-state index contributed by atoms with van der Waals surface area (Å²) >= 11 is 0. The van der Waals surface area contributed by atoms with E-state index in [9.17, 15) is 9.90 Å². The summed E-state index contributed by atoms with van der Waals surface area (Å²) in [6, 6.07) is 15.0. The molecule has 3 aromatic rings. The number of rotatable bonds is 5. The molecule has 8 heteroatoms. The normalized spacial score (nSPS) is 16.5. The molecule has 2 heterocycles. The lowest BCUT2D eigenvalue weighted by Crippen LogP contribution is -2.46. The van der Waals surface area contributed by atoms with Crippen LogP contribution in [-0.4, -0.2) is 51.7 Å². The zero-order chi connectivity index (χ0) is 21.3. The van der Waals surface area contributed by atoms with Gasteiger partial charge >= 0.3 is 5.69 Å². The van der Waals surface area contributed by atoms with Crippen molar-refractivity contribution in [2.45, 2.75) is 25.9 Å². The van der Waals surface area contributed by atoms with Crippen molar-refractivity contribution >= 4 is 11.4 Å². The van der Waals surface area contributed by atoms with Crippen LogP contribution in [0.15, 0.2) is 59.7 Å². The van der Waals surface area contributed by atoms with Gasteiger partial charge < -0.3 is 20.6 Å². The van der Waals surface area contributed by atoms with Gasteiger partial charge in [-0.15, -0.1) is 0 Å². The van der Waals surface area contributed by atoms with Gasteiger partial charge in [0, 0.05) is 43.6 Å². The number of nitrogens with two attached hydrogens (primary N) is 1. The van der Waals surface area contributed by atoms with Crippen LogP contribution in [0.25, 0.3) is 5.69 Å². The van der Waals surface area contributed by atoms with E-state index in [2.05, 4.69) is 14.9 Å². The molecule has 4 rings (SSSR count). The van der Waals surface area contributed by atoms with Crippen LogP contribution in [0.2, 0.25) is 0 Å². The zero-order valence-electron chi connectivity index (χ0n) is 17.3. The predicted molar refractivity (Wildman–Crippen MR) is 119 cm³/mol. The Morgan fingerprint density at radius 2 is 1.33 bits per heavy atom. The van der Waals surface area contributed by atoms with Crippen LogP contribution in [-0.2, 0) is 0 Å². The van der Waals surface area contributed by atoms with E-state index in [0.717, 1.165) is 43.2 Å². The van der Waals surface area contributed by atoms with Gasteiger partial charge in [-0.3, -0.25) is 0 Å². The maximum atomic E-state index is 12.7. The number of nitrogens with zero attached hydrogens (tertiary/aromatic N) is 5. The Kier molecular flexibility index (Phi) is 5.50. The number of anilines is 2. The third kappa shape index (κ3) is 3.91. The molecular formula is C22H28N6O2. The monoisotopic (exact) mass is 408 g/mol. The number of benzene rings is 2. The van der Waals surface area contributed by atoms with E-state index in [1.54, 1.807) is 23.0 Å². The highest BCUT2D eigenvalue weighted by Gasteiger charge is 2.19. The first-order valence-electron chi connectivity index (χ1n) is 10.2. The maximum absolute atomic E-state index is 12.7. The molecule has 0 aliphatic carbocycles.